The first kappa shape index (κ1) is 39.1. The number of hydrogen-bond donors (Lipinski definition) is 7. The molecule has 0 aromatic heterocycles. The molecule has 5 amide bonds. The quantitative estimate of drug-likeness (QED) is 0.0812. The molecule has 0 heterocycles. The Kier molecular flexibility index (Phi) is 14.4. The van der Waals surface area contributed by atoms with Crippen molar-refractivity contribution in [2.45, 2.75) is 90.7 Å². The van der Waals surface area contributed by atoms with Crippen LogP contribution >= 0.6 is 0 Å². The summed E-state index contributed by atoms with van der Waals surface area (Å²) in [5.41, 5.74) is 1.92. The van der Waals surface area contributed by atoms with E-state index in [9.17, 15) is 29.1 Å². The molecule has 2 rings (SSSR count). The number of rotatable bonds is 11. The first-order valence-electron chi connectivity index (χ1n) is 15.3. The van der Waals surface area contributed by atoms with Crippen LogP contribution in [0.2, 0.25) is 0 Å². The summed E-state index contributed by atoms with van der Waals surface area (Å²) in [7, 11) is 0. The van der Waals surface area contributed by atoms with E-state index >= 15 is 0 Å². The Morgan fingerprint density at radius 1 is 0.771 bits per heavy atom. The maximum atomic E-state index is 13.1. The van der Waals surface area contributed by atoms with Gasteiger partial charge in [0.15, 0.2) is 0 Å². The zero-order valence-electron chi connectivity index (χ0n) is 28.2. The van der Waals surface area contributed by atoms with Gasteiger partial charge in [0.05, 0.1) is 6.10 Å². The lowest BCUT2D eigenvalue weighted by Gasteiger charge is -2.23. The summed E-state index contributed by atoms with van der Waals surface area (Å²) < 4.78 is 10.5. The van der Waals surface area contributed by atoms with E-state index in [0.29, 0.717) is 23.2 Å². The largest absolute Gasteiger partial charge is 0.444 e. The fourth-order valence-electron chi connectivity index (χ4n) is 3.94. The van der Waals surface area contributed by atoms with E-state index in [1.165, 1.54) is 24.5 Å². The number of hydrogen-bond acceptors (Lipinski definition) is 9. The van der Waals surface area contributed by atoms with E-state index in [1.807, 2.05) is 0 Å². The SMILES string of the molecule is C[C@@H](O)[C@H](NC(=O)c1ccc(C#Cc2ccc(NC(=O)[C@H](CCCNC(=O)OC(C)(C)C)NC(=O)OC(C)(C)C)cc2)cc1)C(=O)NO. The molecule has 0 unspecified atom stereocenters. The molecule has 0 aliphatic heterocycles. The van der Waals surface area contributed by atoms with Gasteiger partial charge >= 0.3 is 12.2 Å². The van der Waals surface area contributed by atoms with Crippen LogP contribution in [-0.4, -0.2) is 76.2 Å². The van der Waals surface area contributed by atoms with E-state index in [-0.39, 0.29) is 18.5 Å². The molecule has 0 radical (unpaired) electrons. The number of nitrogens with one attached hydrogen (secondary N) is 5. The second kappa shape index (κ2) is 17.7. The van der Waals surface area contributed by atoms with Crippen molar-refractivity contribution in [2.75, 3.05) is 11.9 Å². The van der Waals surface area contributed by atoms with Gasteiger partial charge in [-0.05, 0) is 110 Å². The highest BCUT2D eigenvalue weighted by atomic mass is 16.6. The van der Waals surface area contributed by atoms with Gasteiger partial charge in [0.1, 0.15) is 23.3 Å². The van der Waals surface area contributed by atoms with Crippen LogP contribution in [0.3, 0.4) is 0 Å². The van der Waals surface area contributed by atoms with E-state index in [0.717, 1.165) is 0 Å². The highest BCUT2D eigenvalue weighted by Crippen LogP contribution is 2.13. The molecule has 260 valence electrons. The third-order valence-corrected chi connectivity index (χ3v) is 6.16. The summed E-state index contributed by atoms with van der Waals surface area (Å²) in [6.07, 6.45) is -1.98. The molecule has 0 aliphatic carbocycles. The molecule has 7 N–H and O–H groups in total. The first-order chi connectivity index (χ1) is 22.4. The highest BCUT2D eigenvalue weighted by Gasteiger charge is 2.26. The Bertz CT molecular complexity index is 1480. The van der Waals surface area contributed by atoms with Crippen LogP contribution in [-0.2, 0) is 19.1 Å². The number of carbonyl (C=O) groups is 5. The molecule has 14 heteroatoms. The Morgan fingerprint density at radius 3 is 1.79 bits per heavy atom. The predicted octanol–water partition coefficient (Wildman–Crippen LogP) is 3.21. The zero-order chi connectivity index (χ0) is 36.1. The van der Waals surface area contributed by atoms with Crippen molar-refractivity contribution in [2.24, 2.45) is 0 Å². The lowest BCUT2D eigenvalue weighted by molar-refractivity contribution is -0.133. The van der Waals surface area contributed by atoms with Crippen molar-refractivity contribution >= 4 is 35.6 Å². The summed E-state index contributed by atoms with van der Waals surface area (Å²) >= 11 is 0. The minimum Gasteiger partial charge on any atom is -0.444 e. The smallest absolute Gasteiger partial charge is 0.408 e. The number of anilines is 1. The summed E-state index contributed by atoms with van der Waals surface area (Å²) in [4.78, 5) is 61.7. The first-order valence-corrected chi connectivity index (χ1v) is 15.3. The number of benzene rings is 2. The molecule has 3 atom stereocenters. The Hall–Kier alpha value is -5.13. The fraction of sp³-hybridized carbons (Fsp3) is 0.441. The molecule has 2 aromatic carbocycles. The molecule has 0 aliphatic rings. The molecule has 0 saturated carbocycles. The average Bonchev–Trinajstić information content (AvgIpc) is 2.98. The lowest BCUT2D eigenvalue weighted by atomic mass is 10.1. The average molecular weight is 668 g/mol. The Balaban J connectivity index is 2.03. The maximum absolute atomic E-state index is 13.1. The highest BCUT2D eigenvalue weighted by molar-refractivity contribution is 5.98. The third-order valence-electron chi connectivity index (χ3n) is 6.16. The van der Waals surface area contributed by atoms with Gasteiger partial charge in [-0.25, -0.2) is 15.1 Å². The predicted molar refractivity (Wildman–Crippen MR) is 177 cm³/mol. The van der Waals surface area contributed by atoms with Crippen molar-refractivity contribution in [1.82, 2.24) is 21.4 Å². The van der Waals surface area contributed by atoms with E-state index in [1.54, 1.807) is 77.9 Å². The van der Waals surface area contributed by atoms with Gasteiger partial charge in [-0.1, -0.05) is 11.8 Å². The molecule has 14 nitrogen and oxygen atoms in total. The van der Waals surface area contributed by atoms with Crippen molar-refractivity contribution in [3.05, 3.63) is 65.2 Å². The summed E-state index contributed by atoms with van der Waals surface area (Å²) in [6, 6.07) is 10.7. The van der Waals surface area contributed by atoms with Gasteiger partial charge in [-0.15, -0.1) is 0 Å². The molecule has 48 heavy (non-hydrogen) atoms. The molecule has 0 spiro atoms. The number of ether oxygens (including phenoxy) is 2. The van der Waals surface area contributed by atoms with E-state index in [4.69, 9.17) is 14.7 Å². The van der Waals surface area contributed by atoms with Crippen molar-refractivity contribution < 1.29 is 43.8 Å². The second-order valence-corrected chi connectivity index (χ2v) is 12.8. The van der Waals surface area contributed by atoms with Crippen LogP contribution in [0.4, 0.5) is 15.3 Å². The molecule has 0 saturated heterocycles. The van der Waals surface area contributed by atoms with Gasteiger partial charge in [-0.2, -0.15) is 0 Å². The van der Waals surface area contributed by atoms with Gasteiger partial charge in [0.25, 0.3) is 11.8 Å². The maximum Gasteiger partial charge on any atom is 0.408 e. The van der Waals surface area contributed by atoms with Crippen LogP contribution < -0.4 is 26.7 Å². The van der Waals surface area contributed by atoms with Crippen molar-refractivity contribution in [3.8, 4) is 11.8 Å². The second-order valence-electron chi connectivity index (χ2n) is 12.8. The van der Waals surface area contributed by atoms with Gasteiger partial charge in [-0.3, -0.25) is 19.6 Å². The topological polar surface area (TPSA) is 204 Å². The molecule has 2 aromatic rings. The molecular formula is C34H45N5O9. The summed E-state index contributed by atoms with van der Waals surface area (Å²) in [5, 5.41) is 28.9. The number of amides is 5. The fourth-order valence-corrected chi connectivity index (χ4v) is 3.94. The van der Waals surface area contributed by atoms with Crippen molar-refractivity contribution in [1.29, 1.82) is 0 Å². The Labute approximate surface area is 280 Å². The van der Waals surface area contributed by atoms with Gasteiger partial charge in [0, 0.05) is 28.9 Å². The number of carbonyl (C=O) groups excluding carboxylic acids is 5. The lowest BCUT2D eigenvalue weighted by Crippen LogP contribution is -2.51. The van der Waals surface area contributed by atoms with Crippen LogP contribution in [0, 0.1) is 11.8 Å². The zero-order valence-corrected chi connectivity index (χ0v) is 28.2. The van der Waals surface area contributed by atoms with Crippen LogP contribution in [0.1, 0.15) is 82.8 Å². The normalized spacial score (nSPS) is 12.9. The van der Waals surface area contributed by atoms with E-state index < -0.39 is 59.3 Å². The standard InChI is InChI=1S/C34H45N5O9/c1-21(40)27(30(43)39-46)38-28(41)24-16-12-22(13-17-24)10-11-23-14-18-25(19-15-23)36-29(42)26(37-32(45)48-34(5,6)7)9-8-20-35-31(44)47-33(2,3)4/h12-19,21,26-27,40,46H,8-9,20H2,1-7H3,(H,35,44)(H,36,42)(H,37,45)(H,38,41)(H,39,43)/t21-,26+,27+/m1/s1. The minimum atomic E-state index is -1.34. The molecule has 0 bridgehead atoms. The van der Waals surface area contributed by atoms with Gasteiger partial charge in [0.2, 0.25) is 5.91 Å². The van der Waals surface area contributed by atoms with Gasteiger partial charge < -0.3 is 35.8 Å². The summed E-state index contributed by atoms with van der Waals surface area (Å²) in [6.45, 7) is 11.9. The van der Waals surface area contributed by atoms with Crippen LogP contribution in [0.25, 0.3) is 0 Å². The number of hydroxylamine groups is 1. The number of aliphatic hydroxyl groups is 1. The number of alkyl carbamates (subject to hydrolysis) is 2. The van der Waals surface area contributed by atoms with Crippen molar-refractivity contribution in [3.63, 3.8) is 0 Å². The van der Waals surface area contributed by atoms with Crippen LogP contribution in [0.15, 0.2) is 48.5 Å². The number of aliphatic hydroxyl groups excluding tert-OH is 1. The monoisotopic (exact) mass is 667 g/mol. The summed E-state index contributed by atoms with van der Waals surface area (Å²) in [5.74, 6) is 3.92. The Morgan fingerprint density at radius 2 is 1.29 bits per heavy atom. The van der Waals surface area contributed by atoms with E-state index in [2.05, 4.69) is 33.1 Å². The molecular weight excluding hydrogens is 622 g/mol. The minimum absolute atomic E-state index is 0.212. The van der Waals surface area contributed by atoms with Crippen LogP contribution in [0.5, 0.6) is 0 Å². The molecule has 0 fully saturated rings. The third kappa shape index (κ3) is 14.5.